The maximum atomic E-state index is 2.70. The van der Waals surface area contributed by atoms with Crippen molar-refractivity contribution >= 4 is 0 Å². The van der Waals surface area contributed by atoms with Gasteiger partial charge < -0.3 is 4.90 Å². The van der Waals surface area contributed by atoms with Crippen LogP contribution in [0.3, 0.4) is 0 Å². The Morgan fingerprint density at radius 3 is 1.74 bits per heavy atom. The van der Waals surface area contributed by atoms with E-state index in [0.29, 0.717) is 0 Å². The first-order valence-corrected chi connectivity index (χ1v) is 9.01. The van der Waals surface area contributed by atoms with Crippen LogP contribution in [0.1, 0.15) is 97.3 Å². The lowest BCUT2D eigenvalue weighted by Gasteiger charge is -2.25. The zero-order valence-corrected chi connectivity index (χ0v) is 13.8. The molecule has 1 heterocycles. The van der Waals surface area contributed by atoms with Crippen molar-refractivity contribution in [1.82, 2.24) is 4.90 Å². The molecule has 1 aliphatic rings. The number of likely N-dealkylation sites (tertiary alicyclic amines) is 1. The molecule has 0 aromatic heterocycles. The van der Waals surface area contributed by atoms with Crippen molar-refractivity contribution in [3.05, 3.63) is 0 Å². The highest BCUT2D eigenvalue weighted by molar-refractivity contribution is 4.84. The summed E-state index contributed by atoms with van der Waals surface area (Å²) in [5.41, 5.74) is 0. The molecule has 0 aromatic carbocycles. The number of nitrogens with zero attached hydrogens (tertiary/aromatic N) is 1. The summed E-state index contributed by atoms with van der Waals surface area (Å²) in [6.45, 7) is 4.61. The van der Waals surface area contributed by atoms with Crippen LogP contribution in [-0.4, -0.2) is 24.0 Å². The molecule has 0 N–H and O–H groups in total. The largest absolute Gasteiger partial charge is 0.300 e. The van der Waals surface area contributed by atoms with Crippen molar-refractivity contribution in [2.45, 2.75) is 109 Å². The number of hydrogen-bond acceptors (Lipinski definition) is 1. The Labute approximate surface area is 122 Å². The molecular formula is C18H37N. The summed E-state index contributed by atoms with van der Waals surface area (Å²) >= 11 is 0. The fourth-order valence-corrected chi connectivity index (χ4v) is 3.56. The SMILES string of the molecule is CCCCCCCCCC1CCC(CCCC)N1C. The Hall–Kier alpha value is -0.0400. The molecule has 0 aliphatic carbocycles. The van der Waals surface area contributed by atoms with Gasteiger partial charge in [-0.2, -0.15) is 0 Å². The molecule has 114 valence electrons. The maximum absolute atomic E-state index is 2.70. The topological polar surface area (TPSA) is 3.24 Å². The summed E-state index contributed by atoms with van der Waals surface area (Å²) in [5.74, 6) is 0. The highest BCUT2D eigenvalue weighted by atomic mass is 15.2. The number of rotatable bonds is 11. The van der Waals surface area contributed by atoms with Gasteiger partial charge in [0.2, 0.25) is 0 Å². The molecule has 1 rings (SSSR count). The van der Waals surface area contributed by atoms with Crippen LogP contribution in [-0.2, 0) is 0 Å². The van der Waals surface area contributed by atoms with Crippen molar-refractivity contribution in [2.24, 2.45) is 0 Å². The van der Waals surface area contributed by atoms with Gasteiger partial charge in [0.15, 0.2) is 0 Å². The van der Waals surface area contributed by atoms with Crippen LogP contribution < -0.4 is 0 Å². The third kappa shape index (κ3) is 6.79. The second-order valence-corrected chi connectivity index (χ2v) is 6.60. The molecule has 2 unspecified atom stereocenters. The molecule has 0 bridgehead atoms. The van der Waals surface area contributed by atoms with Crippen molar-refractivity contribution in [1.29, 1.82) is 0 Å². The first kappa shape index (κ1) is 17.0. The maximum Gasteiger partial charge on any atom is 0.00957 e. The molecule has 1 nitrogen and oxygen atoms in total. The van der Waals surface area contributed by atoms with E-state index in [4.69, 9.17) is 0 Å². The normalized spacial score (nSPS) is 24.2. The van der Waals surface area contributed by atoms with Crippen LogP contribution in [0.15, 0.2) is 0 Å². The Kier molecular flexibility index (Phi) is 9.59. The Balaban J connectivity index is 2.01. The zero-order valence-electron chi connectivity index (χ0n) is 13.8. The molecule has 1 saturated heterocycles. The third-order valence-electron chi connectivity index (χ3n) is 5.02. The molecule has 0 spiro atoms. The lowest BCUT2D eigenvalue weighted by Crippen LogP contribution is -2.32. The fraction of sp³-hybridized carbons (Fsp3) is 1.00. The Bertz CT molecular complexity index is 202. The van der Waals surface area contributed by atoms with E-state index < -0.39 is 0 Å². The monoisotopic (exact) mass is 267 g/mol. The summed E-state index contributed by atoms with van der Waals surface area (Å²) in [6, 6.07) is 1.80. The van der Waals surface area contributed by atoms with Crippen LogP contribution in [0.2, 0.25) is 0 Å². The van der Waals surface area contributed by atoms with Crippen LogP contribution >= 0.6 is 0 Å². The van der Waals surface area contributed by atoms with E-state index in [2.05, 4.69) is 25.8 Å². The molecule has 1 aliphatic heterocycles. The predicted octanol–water partition coefficient (Wildman–Crippen LogP) is 5.78. The lowest BCUT2D eigenvalue weighted by atomic mass is 10.0. The van der Waals surface area contributed by atoms with E-state index >= 15 is 0 Å². The molecular weight excluding hydrogens is 230 g/mol. The smallest absolute Gasteiger partial charge is 0.00957 e. The minimum atomic E-state index is 0.898. The van der Waals surface area contributed by atoms with Gasteiger partial charge in [-0.1, -0.05) is 71.6 Å². The van der Waals surface area contributed by atoms with Crippen LogP contribution in [0.25, 0.3) is 0 Å². The molecule has 1 fully saturated rings. The van der Waals surface area contributed by atoms with Gasteiger partial charge in [-0.3, -0.25) is 0 Å². The van der Waals surface area contributed by atoms with Crippen molar-refractivity contribution < 1.29 is 0 Å². The average molecular weight is 268 g/mol. The summed E-state index contributed by atoms with van der Waals surface area (Å²) < 4.78 is 0. The predicted molar refractivity (Wildman–Crippen MR) is 86.7 cm³/mol. The molecule has 0 amide bonds. The lowest BCUT2D eigenvalue weighted by molar-refractivity contribution is 0.216. The van der Waals surface area contributed by atoms with Crippen molar-refractivity contribution in [2.75, 3.05) is 7.05 Å². The van der Waals surface area contributed by atoms with Crippen molar-refractivity contribution in [3.63, 3.8) is 0 Å². The van der Waals surface area contributed by atoms with Gasteiger partial charge in [-0.25, -0.2) is 0 Å². The number of hydrogen-bond donors (Lipinski definition) is 0. The van der Waals surface area contributed by atoms with Crippen molar-refractivity contribution in [3.8, 4) is 0 Å². The molecule has 19 heavy (non-hydrogen) atoms. The van der Waals surface area contributed by atoms with E-state index in [1.165, 1.54) is 83.5 Å². The van der Waals surface area contributed by atoms with Crippen LogP contribution in [0, 0.1) is 0 Å². The van der Waals surface area contributed by atoms with Crippen LogP contribution in [0.5, 0.6) is 0 Å². The second kappa shape index (κ2) is 10.7. The molecule has 2 atom stereocenters. The summed E-state index contributed by atoms with van der Waals surface area (Å²) in [7, 11) is 2.37. The summed E-state index contributed by atoms with van der Waals surface area (Å²) in [6.07, 6.45) is 18.7. The van der Waals surface area contributed by atoms with E-state index in [1.54, 1.807) is 0 Å². The summed E-state index contributed by atoms with van der Waals surface area (Å²) in [5, 5.41) is 0. The van der Waals surface area contributed by atoms with E-state index in [9.17, 15) is 0 Å². The van der Waals surface area contributed by atoms with Gasteiger partial charge in [0, 0.05) is 12.1 Å². The van der Waals surface area contributed by atoms with Crippen LogP contribution in [0.4, 0.5) is 0 Å². The molecule has 0 aromatic rings. The number of unbranched alkanes of at least 4 members (excludes halogenated alkanes) is 7. The Morgan fingerprint density at radius 2 is 1.16 bits per heavy atom. The van der Waals surface area contributed by atoms with Gasteiger partial charge in [0.1, 0.15) is 0 Å². The standard InChI is InChI=1S/C18H37N/c1-4-6-8-9-10-11-12-14-18-16-15-17(19(18)3)13-7-5-2/h17-18H,4-16H2,1-3H3. The van der Waals surface area contributed by atoms with Gasteiger partial charge in [0.05, 0.1) is 0 Å². The van der Waals surface area contributed by atoms with E-state index in [-0.39, 0.29) is 0 Å². The zero-order chi connectivity index (χ0) is 13.9. The fourth-order valence-electron chi connectivity index (χ4n) is 3.56. The highest BCUT2D eigenvalue weighted by Gasteiger charge is 2.28. The molecule has 1 heteroatoms. The Morgan fingerprint density at radius 1 is 0.684 bits per heavy atom. The quantitative estimate of drug-likeness (QED) is 0.429. The highest BCUT2D eigenvalue weighted by Crippen LogP contribution is 2.29. The average Bonchev–Trinajstić information content (AvgIpc) is 2.76. The minimum absolute atomic E-state index is 0.898. The first-order valence-electron chi connectivity index (χ1n) is 9.01. The first-order chi connectivity index (χ1) is 9.29. The van der Waals surface area contributed by atoms with Gasteiger partial charge >= 0.3 is 0 Å². The van der Waals surface area contributed by atoms with Gasteiger partial charge in [-0.05, 0) is 32.7 Å². The molecule has 0 saturated carbocycles. The van der Waals surface area contributed by atoms with E-state index in [1.807, 2.05) is 0 Å². The molecule has 0 radical (unpaired) electrons. The second-order valence-electron chi connectivity index (χ2n) is 6.60. The van der Waals surface area contributed by atoms with E-state index in [0.717, 1.165) is 12.1 Å². The van der Waals surface area contributed by atoms with Gasteiger partial charge in [0.25, 0.3) is 0 Å². The third-order valence-corrected chi connectivity index (χ3v) is 5.02. The minimum Gasteiger partial charge on any atom is -0.300 e. The summed E-state index contributed by atoms with van der Waals surface area (Å²) in [4.78, 5) is 2.70. The van der Waals surface area contributed by atoms with Gasteiger partial charge in [-0.15, -0.1) is 0 Å².